The van der Waals surface area contributed by atoms with Gasteiger partial charge in [0.05, 0.1) is 12.3 Å². The average Bonchev–Trinajstić information content (AvgIpc) is 2.58. The first-order chi connectivity index (χ1) is 12.4. The normalized spacial score (nSPS) is 11.4. The van der Waals surface area contributed by atoms with Gasteiger partial charge in [0.15, 0.2) is 0 Å². The van der Waals surface area contributed by atoms with E-state index in [-0.39, 0.29) is 5.56 Å². The van der Waals surface area contributed by atoms with Gasteiger partial charge in [-0.25, -0.2) is 9.36 Å². The highest BCUT2D eigenvalue weighted by molar-refractivity contribution is 5.82. The number of aromatic nitrogens is 2. The molecule has 0 fully saturated rings. The summed E-state index contributed by atoms with van der Waals surface area (Å²) in [6.45, 7) is 3.78. The Labute approximate surface area is 151 Å². The molecule has 1 heterocycles. The zero-order chi connectivity index (χ0) is 19.1. The van der Waals surface area contributed by atoms with Gasteiger partial charge >= 0.3 is 5.69 Å². The second-order valence-corrected chi connectivity index (χ2v) is 5.95. The van der Waals surface area contributed by atoms with Crippen LogP contribution in [0.25, 0.3) is 5.69 Å². The van der Waals surface area contributed by atoms with Gasteiger partial charge < -0.3 is 14.7 Å². The van der Waals surface area contributed by atoms with Gasteiger partial charge in [-0.05, 0) is 58.3 Å². The van der Waals surface area contributed by atoms with Crippen LogP contribution in [0.5, 0.6) is 11.6 Å². The van der Waals surface area contributed by atoms with Gasteiger partial charge in [-0.2, -0.15) is 0 Å². The van der Waals surface area contributed by atoms with Crippen LogP contribution in [0.15, 0.2) is 38.8 Å². The molecule has 2 N–H and O–H groups in total. The van der Waals surface area contributed by atoms with E-state index in [1.807, 2.05) is 25.9 Å². The van der Waals surface area contributed by atoms with E-state index in [0.29, 0.717) is 24.6 Å². The highest BCUT2D eigenvalue weighted by Gasteiger charge is 2.14. The predicted molar refractivity (Wildman–Crippen MR) is 101 cm³/mol. The second-order valence-electron chi connectivity index (χ2n) is 5.95. The van der Waals surface area contributed by atoms with E-state index < -0.39 is 17.1 Å². The fourth-order valence-corrected chi connectivity index (χ4v) is 2.39. The number of aromatic amines is 1. The third kappa shape index (κ3) is 4.82. The van der Waals surface area contributed by atoms with E-state index >= 15 is 0 Å². The fourth-order valence-electron chi connectivity index (χ4n) is 2.39. The maximum atomic E-state index is 12.1. The number of ether oxygens (including phenoxy) is 1. The molecule has 0 aliphatic heterocycles. The number of nitrogens with zero attached hydrogens (tertiary/aromatic N) is 3. The van der Waals surface area contributed by atoms with Gasteiger partial charge in [-0.3, -0.25) is 14.8 Å². The van der Waals surface area contributed by atoms with Crippen molar-refractivity contribution in [3.63, 3.8) is 0 Å². The van der Waals surface area contributed by atoms with E-state index in [0.717, 1.165) is 17.5 Å². The summed E-state index contributed by atoms with van der Waals surface area (Å²) in [5.74, 6) is 0.204. The van der Waals surface area contributed by atoms with E-state index in [1.54, 1.807) is 24.3 Å². The standard InChI is InChI=1S/C18H24N4O4/c1-4-26-14-8-6-13(7-9-14)22-17(24)15(16(23)20-18(22)25)12-19-10-5-11-21(2)3/h6-9,12,24H,4-5,10-11H2,1-3H3,(H,20,23,25). The molecular weight excluding hydrogens is 336 g/mol. The van der Waals surface area contributed by atoms with Gasteiger partial charge in [0.1, 0.15) is 11.3 Å². The van der Waals surface area contributed by atoms with Crippen LogP contribution < -0.4 is 16.0 Å². The molecule has 0 saturated heterocycles. The first kappa shape index (κ1) is 19.5. The first-order valence-corrected chi connectivity index (χ1v) is 8.40. The number of benzene rings is 1. The maximum absolute atomic E-state index is 12.1. The molecule has 0 aliphatic carbocycles. The van der Waals surface area contributed by atoms with E-state index in [9.17, 15) is 14.7 Å². The Morgan fingerprint density at radius 1 is 1.27 bits per heavy atom. The van der Waals surface area contributed by atoms with Gasteiger partial charge in [0, 0.05) is 12.8 Å². The van der Waals surface area contributed by atoms with Gasteiger partial charge in [-0.15, -0.1) is 0 Å². The molecule has 0 saturated carbocycles. The molecule has 0 spiro atoms. The van der Waals surface area contributed by atoms with Crippen LogP contribution in [-0.4, -0.2) is 59.6 Å². The summed E-state index contributed by atoms with van der Waals surface area (Å²) < 4.78 is 6.39. The van der Waals surface area contributed by atoms with Crippen molar-refractivity contribution in [1.82, 2.24) is 14.5 Å². The molecule has 2 aromatic rings. The fraction of sp³-hybridized carbons (Fsp3) is 0.389. The smallest absolute Gasteiger partial charge is 0.335 e. The third-order valence-electron chi connectivity index (χ3n) is 3.64. The van der Waals surface area contributed by atoms with Crippen molar-refractivity contribution < 1.29 is 9.84 Å². The predicted octanol–water partition coefficient (Wildman–Crippen LogP) is 1.00. The van der Waals surface area contributed by atoms with Crippen LogP contribution in [-0.2, 0) is 0 Å². The molecule has 140 valence electrons. The Kier molecular flexibility index (Phi) is 6.74. The number of hydrogen-bond acceptors (Lipinski definition) is 6. The van der Waals surface area contributed by atoms with Crippen molar-refractivity contribution in [3.8, 4) is 17.3 Å². The molecule has 26 heavy (non-hydrogen) atoms. The summed E-state index contributed by atoms with van der Waals surface area (Å²) in [6, 6.07) is 6.63. The molecule has 0 aliphatic rings. The lowest BCUT2D eigenvalue weighted by molar-refractivity contribution is 0.340. The maximum Gasteiger partial charge on any atom is 0.335 e. The zero-order valence-electron chi connectivity index (χ0n) is 15.2. The minimum absolute atomic E-state index is 0.0525. The van der Waals surface area contributed by atoms with Gasteiger partial charge in [0.2, 0.25) is 5.88 Å². The van der Waals surface area contributed by atoms with Crippen molar-refractivity contribution in [2.24, 2.45) is 4.99 Å². The van der Waals surface area contributed by atoms with Crippen molar-refractivity contribution in [3.05, 3.63) is 50.7 Å². The molecule has 0 unspecified atom stereocenters. The quantitative estimate of drug-likeness (QED) is 0.540. The summed E-state index contributed by atoms with van der Waals surface area (Å²) in [4.78, 5) is 32.6. The lowest BCUT2D eigenvalue weighted by atomic mass is 10.2. The lowest BCUT2D eigenvalue weighted by Crippen LogP contribution is -2.31. The molecule has 1 aromatic heterocycles. The highest BCUT2D eigenvalue weighted by atomic mass is 16.5. The van der Waals surface area contributed by atoms with Crippen LogP contribution in [0.4, 0.5) is 0 Å². The SMILES string of the molecule is CCOc1ccc(-n2c(O)c(C=NCCCN(C)C)c(=O)[nH]c2=O)cc1. The molecule has 0 radical (unpaired) electrons. The summed E-state index contributed by atoms with van der Waals surface area (Å²) in [5, 5.41) is 10.4. The van der Waals surface area contributed by atoms with E-state index in [2.05, 4.69) is 9.98 Å². The number of aromatic hydroxyl groups is 1. The van der Waals surface area contributed by atoms with Crippen LogP contribution in [0.3, 0.4) is 0 Å². The average molecular weight is 360 g/mol. The number of aliphatic imine (C=N–C) groups is 1. The number of H-pyrrole nitrogens is 1. The van der Waals surface area contributed by atoms with Crippen molar-refractivity contribution in [2.45, 2.75) is 13.3 Å². The molecule has 8 heteroatoms. The number of nitrogens with one attached hydrogen (secondary N) is 1. The number of rotatable bonds is 8. The van der Waals surface area contributed by atoms with Gasteiger partial charge in [0.25, 0.3) is 5.56 Å². The van der Waals surface area contributed by atoms with Crippen LogP contribution in [0.1, 0.15) is 18.9 Å². The number of hydrogen-bond donors (Lipinski definition) is 2. The third-order valence-corrected chi connectivity index (χ3v) is 3.64. The Hall–Kier alpha value is -2.87. The molecule has 8 nitrogen and oxygen atoms in total. The van der Waals surface area contributed by atoms with Crippen molar-refractivity contribution in [1.29, 1.82) is 0 Å². The topological polar surface area (TPSA) is 99.9 Å². The Morgan fingerprint density at radius 3 is 2.58 bits per heavy atom. The van der Waals surface area contributed by atoms with Crippen molar-refractivity contribution >= 4 is 6.21 Å². The first-order valence-electron chi connectivity index (χ1n) is 8.40. The van der Waals surface area contributed by atoms with E-state index in [4.69, 9.17) is 4.74 Å². The highest BCUT2D eigenvalue weighted by Crippen LogP contribution is 2.18. The second kappa shape index (κ2) is 9.00. The lowest BCUT2D eigenvalue weighted by Gasteiger charge is -2.10. The Morgan fingerprint density at radius 2 is 1.96 bits per heavy atom. The molecule has 0 bridgehead atoms. The van der Waals surface area contributed by atoms with Crippen molar-refractivity contribution in [2.75, 3.05) is 33.8 Å². The summed E-state index contributed by atoms with van der Waals surface area (Å²) in [5.41, 5.74) is -1.04. The minimum atomic E-state index is -0.721. The van der Waals surface area contributed by atoms with Crippen LogP contribution >= 0.6 is 0 Å². The largest absolute Gasteiger partial charge is 0.494 e. The molecule has 1 aromatic carbocycles. The zero-order valence-corrected chi connectivity index (χ0v) is 15.2. The molecule has 0 amide bonds. The molecule has 0 atom stereocenters. The van der Waals surface area contributed by atoms with E-state index in [1.165, 1.54) is 6.21 Å². The van der Waals surface area contributed by atoms with Crippen LogP contribution in [0.2, 0.25) is 0 Å². The molecular formula is C18H24N4O4. The van der Waals surface area contributed by atoms with Crippen LogP contribution in [0, 0.1) is 0 Å². The summed E-state index contributed by atoms with van der Waals surface area (Å²) >= 11 is 0. The minimum Gasteiger partial charge on any atom is -0.494 e. The monoisotopic (exact) mass is 360 g/mol. The Balaban J connectivity index is 2.32. The van der Waals surface area contributed by atoms with Gasteiger partial charge in [-0.1, -0.05) is 0 Å². The summed E-state index contributed by atoms with van der Waals surface area (Å²) in [6.07, 6.45) is 2.12. The molecule has 2 rings (SSSR count). The Bertz CT molecular complexity index is 866. The summed E-state index contributed by atoms with van der Waals surface area (Å²) in [7, 11) is 3.93.